The highest BCUT2D eigenvalue weighted by Crippen LogP contribution is 2.21. The van der Waals surface area contributed by atoms with E-state index in [9.17, 15) is 0 Å². The third-order valence-corrected chi connectivity index (χ3v) is 4.05. The SMILES string of the molecule is CN=C(NCc1ccc(C)cc1OC(C)C)NCc1nnc2ccccn12. The number of nitrogens with one attached hydrogen (secondary N) is 2. The van der Waals surface area contributed by atoms with Gasteiger partial charge in [-0.25, -0.2) is 0 Å². The van der Waals surface area contributed by atoms with E-state index < -0.39 is 0 Å². The summed E-state index contributed by atoms with van der Waals surface area (Å²) in [5, 5.41) is 15.0. The molecule has 0 aliphatic heterocycles. The topological polar surface area (TPSA) is 75.8 Å². The van der Waals surface area contributed by atoms with Crippen molar-refractivity contribution in [1.29, 1.82) is 0 Å². The second-order valence-electron chi connectivity index (χ2n) is 6.60. The number of pyridine rings is 1. The first kappa shape index (κ1) is 18.7. The van der Waals surface area contributed by atoms with Crippen LogP contribution < -0.4 is 15.4 Å². The number of benzene rings is 1. The van der Waals surface area contributed by atoms with Crippen LogP contribution in [0.3, 0.4) is 0 Å². The third kappa shape index (κ3) is 4.75. The molecule has 2 N–H and O–H groups in total. The Labute approximate surface area is 159 Å². The van der Waals surface area contributed by atoms with Crippen LogP contribution in [0.25, 0.3) is 5.65 Å². The van der Waals surface area contributed by atoms with Gasteiger partial charge in [0.1, 0.15) is 5.75 Å². The van der Waals surface area contributed by atoms with E-state index in [1.165, 1.54) is 5.56 Å². The monoisotopic (exact) mass is 366 g/mol. The maximum atomic E-state index is 5.94. The Kier molecular flexibility index (Phi) is 5.90. The number of aryl methyl sites for hydroxylation is 1. The minimum Gasteiger partial charge on any atom is -0.491 e. The molecule has 0 saturated carbocycles. The van der Waals surface area contributed by atoms with E-state index in [2.05, 4.69) is 50.9 Å². The zero-order chi connectivity index (χ0) is 19.2. The number of hydrogen-bond acceptors (Lipinski definition) is 4. The second-order valence-corrected chi connectivity index (χ2v) is 6.60. The molecule has 0 radical (unpaired) electrons. The molecule has 7 nitrogen and oxygen atoms in total. The summed E-state index contributed by atoms with van der Waals surface area (Å²) >= 11 is 0. The maximum Gasteiger partial charge on any atom is 0.191 e. The van der Waals surface area contributed by atoms with Crippen molar-refractivity contribution in [3.63, 3.8) is 0 Å². The number of hydrogen-bond donors (Lipinski definition) is 2. The third-order valence-electron chi connectivity index (χ3n) is 4.05. The molecule has 2 aromatic heterocycles. The molecule has 2 heterocycles. The van der Waals surface area contributed by atoms with Crippen LogP contribution in [0.1, 0.15) is 30.8 Å². The highest BCUT2D eigenvalue weighted by molar-refractivity contribution is 5.79. The Morgan fingerprint density at radius 1 is 1.15 bits per heavy atom. The quantitative estimate of drug-likeness (QED) is 0.518. The van der Waals surface area contributed by atoms with Crippen molar-refractivity contribution in [2.24, 2.45) is 4.99 Å². The van der Waals surface area contributed by atoms with Gasteiger partial charge in [0.25, 0.3) is 0 Å². The molecule has 0 bridgehead atoms. The molecule has 27 heavy (non-hydrogen) atoms. The summed E-state index contributed by atoms with van der Waals surface area (Å²) in [5.41, 5.74) is 3.09. The van der Waals surface area contributed by atoms with Crippen molar-refractivity contribution in [2.75, 3.05) is 7.05 Å². The molecule has 0 amide bonds. The second kappa shape index (κ2) is 8.53. The van der Waals surface area contributed by atoms with E-state index in [-0.39, 0.29) is 6.10 Å². The van der Waals surface area contributed by atoms with Crippen LogP contribution >= 0.6 is 0 Å². The lowest BCUT2D eigenvalue weighted by Crippen LogP contribution is -2.36. The van der Waals surface area contributed by atoms with Crippen LogP contribution in [0.15, 0.2) is 47.6 Å². The summed E-state index contributed by atoms with van der Waals surface area (Å²) in [6, 6.07) is 12.1. The Balaban J connectivity index is 1.63. The van der Waals surface area contributed by atoms with Crippen molar-refractivity contribution in [3.05, 3.63) is 59.5 Å². The summed E-state index contributed by atoms with van der Waals surface area (Å²) in [5.74, 6) is 2.42. The highest BCUT2D eigenvalue weighted by Gasteiger charge is 2.09. The van der Waals surface area contributed by atoms with E-state index in [0.717, 1.165) is 22.8 Å². The highest BCUT2D eigenvalue weighted by atomic mass is 16.5. The Hall–Kier alpha value is -3.09. The number of fused-ring (bicyclic) bond motifs is 1. The first-order chi connectivity index (χ1) is 13.1. The Bertz CT molecular complexity index is 931. The lowest BCUT2D eigenvalue weighted by Gasteiger charge is -2.17. The molecular formula is C20H26N6O. The average molecular weight is 366 g/mol. The normalized spacial score (nSPS) is 11.8. The van der Waals surface area contributed by atoms with E-state index >= 15 is 0 Å². The van der Waals surface area contributed by atoms with Gasteiger partial charge in [0.15, 0.2) is 17.4 Å². The first-order valence-corrected chi connectivity index (χ1v) is 9.06. The molecule has 7 heteroatoms. The van der Waals surface area contributed by atoms with E-state index in [4.69, 9.17) is 4.74 Å². The van der Waals surface area contributed by atoms with Crippen molar-refractivity contribution < 1.29 is 4.74 Å². The van der Waals surface area contributed by atoms with Crippen molar-refractivity contribution in [2.45, 2.75) is 40.0 Å². The van der Waals surface area contributed by atoms with Gasteiger partial charge in [0, 0.05) is 25.4 Å². The number of nitrogens with zero attached hydrogens (tertiary/aromatic N) is 4. The van der Waals surface area contributed by atoms with Crippen LogP contribution in [0.4, 0.5) is 0 Å². The van der Waals surface area contributed by atoms with Gasteiger partial charge in [-0.1, -0.05) is 18.2 Å². The molecule has 0 unspecified atom stereocenters. The van der Waals surface area contributed by atoms with Gasteiger partial charge >= 0.3 is 0 Å². The standard InChI is InChI=1S/C20H26N6O/c1-14(2)27-17-11-15(3)8-9-16(17)12-22-20(21-4)23-13-19-25-24-18-7-5-6-10-26(18)19/h5-11,14H,12-13H2,1-4H3,(H2,21,22,23). The summed E-state index contributed by atoms with van der Waals surface area (Å²) in [7, 11) is 1.75. The predicted octanol–water partition coefficient (Wildman–Crippen LogP) is 2.69. The molecule has 142 valence electrons. The lowest BCUT2D eigenvalue weighted by atomic mass is 10.1. The average Bonchev–Trinajstić information content (AvgIpc) is 3.06. The molecule has 1 aromatic carbocycles. The first-order valence-electron chi connectivity index (χ1n) is 9.06. The molecule has 0 fully saturated rings. The smallest absolute Gasteiger partial charge is 0.191 e. The minimum absolute atomic E-state index is 0.129. The fraction of sp³-hybridized carbons (Fsp3) is 0.350. The maximum absolute atomic E-state index is 5.94. The van der Waals surface area contributed by atoms with E-state index in [1.54, 1.807) is 7.05 Å². The van der Waals surface area contributed by atoms with Crippen LogP contribution in [0, 0.1) is 6.92 Å². The fourth-order valence-corrected chi connectivity index (χ4v) is 2.75. The number of guanidine groups is 1. The van der Waals surface area contributed by atoms with Crippen LogP contribution in [-0.2, 0) is 13.1 Å². The Morgan fingerprint density at radius 2 is 1.96 bits per heavy atom. The molecule has 0 aliphatic rings. The van der Waals surface area contributed by atoms with Crippen LogP contribution in [0.5, 0.6) is 5.75 Å². The van der Waals surface area contributed by atoms with Gasteiger partial charge in [0.2, 0.25) is 0 Å². The van der Waals surface area contributed by atoms with Gasteiger partial charge in [-0.3, -0.25) is 9.39 Å². The fourth-order valence-electron chi connectivity index (χ4n) is 2.75. The minimum atomic E-state index is 0.129. The van der Waals surface area contributed by atoms with Crippen molar-refractivity contribution in [1.82, 2.24) is 25.2 Å². The van der Waals surface area contributed by atoms with Gasteiger partial charge in [-0.15, -0.1) is 10.2 Å². The summed E-state index contributed by atoms with van der Waals surface area (Å²) in [6.07, 6.45) is 2.08. The number of rotatable bonds is 6. The van der Waals surface area contributed by atoms with Crippen molar-refractivity contribution in [3.8, 4) is 5.75 Å². The zero-order valence-corrected chi connectivity index (χ0v) is 16.2. The zero-order valence-electron chi connectivity index (χ0n) is 16.2. The molecular weight excluding hydrogens is 340 g/mol. The largest absolute Gasteiger partial charge is 0.491 e. The van der Waals surface area contributed by atoms with Crippen LogP contribution in [-0.4, -0.2) is 33.7 Å². The number of ether oxygens (including phenoxy) is 1. The molecule has 3 rings (SSSR count). The summed E-state index contributed by atoms with van der Waals surface area (Å²) < 4.78 is 7.89. The molecule has 0 saturated heterocycles. The Morgan fingerprint density at radius 3 is 2.74 bits per heavy atom. The lowest BCUT2D eigenvalue weighted by molar-refractivity contribution is 0.239. The van der Waals surface area contributed by atoms with Gasteiger partial charge in [-0.2, -0.15) is 0 Å². The van der Waals surface area contributed by atoms with Crippen molar-refractivity contribution >= 4 is 11.6 Å². The number of aliphatic imine (C=N–C) groups is 1. The van der Waals surface area contributed by atoms with Gasteiger partial charge < -0.3 is 15.4 Å². The summed E-state index contributed by atoms with van der Waals surface area (Å²) in [6.45, 7) is 7.26. The van der Waals surface area contributed by atoms with E-state index in [0.29, 0.717) is 19.0 Å². The van der Waals surface area contributed by atoms with Gasteiger partial charge in [0.05, 0.1) is 12.6 Å². The molecule has 0 spiro atoms. The molecule has 0 aliphatic carbocycles. The predicted molar refractivity (Wildman–Crippen MR) is 107 cm³/mol. The van der Waals surface area contributed by atoms with Crippen LogP contribution in [0.2, 0.25) is 0 Å². The summed E-state index contributed by atoms with van der Waals surface area (Å²) in [4.78, 5) is 4.29. The molecule has 0 atom stereocenters. The van der Waals surface area contributed by atoms with E-state index in [1.807, 2.05) is 42.6 Å². The number of aromatic nitrogens is 3. The van der Waals surface area contributed by atoms with Gasteiger partial charge in [-0.05, 0) is 44.5 Å². The molecule has 3 aromatic rings.